The number of carbonyl (C=O) groups is 2. The second-order valence-electron chi connectivity index (χ2n) is 5.43. The first-order valence-electron chi connectivity index (χ1n) is 7.91. The van der Waals surface area contributed by atoms with Gasteiger partial charge in [-0.05, 0) is 36.2 Å². The Labute approximate surface area is 151 Å². The van der Waals surface area contributed by atoms with Crippen LogP contribution in [0.25, 0.3) is 0 Å². The van der Waals surface area contributed by atoms with Gasteiger partial charge in [0.05, 0.1) is 18.9 Å². The number of carboxylic acids is 1. The Morgan fingerprint density at radius 3 is 2.40 bits per heavy atom. The smallest absolute Gasteiger partial charge is 0.303 e. The van der Waals surface area contributed by atoms with Crippen LogP contribution in [0.5, 0.6) is 5.75 Å². The van der Waals surface area contributed by atoms with Crippen molar-refractivity contribution in [3.63, 3.8) is 0 Å². The number of ether oxygens (including phenoxy) is 1. The zero-order valence-corrected chi connectivity index (χ0v) is 14.8. The summed E-state index contributed by atoms with van der Waals surface area (Å²) in [6.45, 7) is 0. The molecule has 0 spiro atoms. The minimum atomic E-state index is -0.872. The molecule has 5 nitrogen and oxygen atoms in total. The second-order valence-corrected chi connectivity index (χ2v) is 6.48. The number of amides is 1. The van der Waals surface area contributed by atoms with Gasteiger partial charge in [0.15, 0.2) is 0 Å². The minimum absolute atomic E-state index is 0.00542. The zero-order valence-electron chi connectivity index (χ0n) is 14.0. The van der Waals surface area contributed by atoms with Gasteiger partial charge in [0.25, 0.3) is 0 Å². The van der Waals surface area contributed by atoms with E-state index in [1.54, 1.807) is 7.11 Å². The minimum Gasteiger partial charge on any atom is -0.497 e. The van der Waals surface area contributed by atoms with E-state index in [9.17, 15) is 9.59 Å². The summed E-state index contributed by atoms with van der Waals surface area (Å²) in [6.07, 6.45) is 0.365. The van der Waals surface area contributed by atoms with E-state index in [2.05, 4.69) is 5.32 Å². The van der Waals surface area contributed by atoms with Gasteiger partial charge in [0.1, 0.15) is 5.75 Å². The molecule has 6 heteroatoms. The van der Waals surface area contributed by atoms with E-state index >= 15 is 0 Å². The maximum Gasteiger partial charge on any atom is 0.303 e. The molecule has 0 fully saturated rings. The molecular formula is C19H21NO4S. The first-order valence-corrected chi connectivity index (χ1v) is 8.90. The lowest BCUT2D eigenvalue weighted by molar-refractivity contribution is -0.137. The van der Waals surface area contributed by atoms with Gasteiger partial charge in [-0.15, -0.1) is 11.8 Å². The third-order valence-corrected chi connectivity index (χ3v) is 4.63. The largest absolute Gasteiger partial charge is 0.497 e. The molecule has 132 valence electrons. The van der Waals surface area contributed by atoms with Crippen LogP contribution in [-0.4, -0.2) is 29.8 Å². The van der Waals surface area contributed by atoms with Crippen molar-refractivity contribution in [2.75, 3.05) is 12.9 Å². The van der Waals surface area contributed by atoms with Crippen LogP contribution < -0.4 is 10.1 Å². The molecule has 1 amide bonds. The normalized spacial score (nSPS) is 11.6. The summed E-state index contributed by atoms with van der Waals surface area (Å²) in [5.41, 5.74) is 0.909. The summed E-state index contributed by atoms with van der Waals surface area (Å²) < 4.78 is 5.11. The fourth-order valence-electron chi connectivity index (χ4n) is 2.33. The topological polar surface area (TPSA) is 75.6 Å². The molecule has 2 rings (SSSR count). The van der Waals surface area contributed by atoms with E-state index in [1.165, 1.54) is 11.8 Å². The molecule has 0 saturated carbocycles. The molecule has 0 aliphatic carbocycles. The van der Waals surface area contributed by atoms with Gasteiger partial charge in [-0.1, -0.05) is 30.3 Å². The highest BCUT2D eigenvalue weighted by molar-refractivity contribution is 8.00. The summed E-state index contributed by atoms with van der Waals surface area (Å²) in [5, 5.41) is 11.8. The predicted octanol–water partition coefficient (Wildman–Crippen LogP) is 3.51. The van der Waals surface area contributed by atoms with Gasteiger partial charge in [-0.25, -0.2) is 0 Å². The SMILES string of the molecule is COc1ccc(SCC(=O)NC(CCC(=O)O)c2ccccc2)cc1. The van der Waals surface area contributed by atoms with Gasteiger partial charge < -0.3 is 15.2 Å². The van der Waals surface area contributed by atoms with E-state index in [4.69, 9.17) is 9.84 Å². The van der Waals surface area contributed by atoms with Crippen LogP contribution in [0.1, 0.15) is 24.4 Å². The van der Waals surface area contributed by atoms with Crippen LogP contribution in [0, 0.1) is 0 Å². The Balaban J connectivity index is 1.92. The van der Waals surface area contributed by atoms with Crippen LogP contribution in [0.4, 0.5) is 0 Å². The molecule has 0 aliphatic rings. The number of methoxy groups -OCH3 is 1. The lowest BCUT2D eigenvalue weighted by atomic mass is 10.0. The Bertz CT molecular complexity index is 688. The van der Waals surface area contributed by atoms with Gasteiger partial charge in [-0.3, -0.25) is 9.59 Å². The quantitative estimate of drug-likeness (QED) is 0.670. The third kappa shape index (κ3) is 6.51. The Morgan fingerprint density at radius 2 is 1.80 bits per heavy atom. The standard InChI is InChI=1S/C19H21NO4S/c1-24-15-7-9-16(10-8-15)25-13-18(21)20-17(11-12-19(22)23)14-5-3-2-4-6-14/h2-10,17H,11-13H2,1H3,(H,20,21)(H,22,23). The van der Waals surface area contributed by atoms with Crippen LogP contribution in [-0.2, 0) is 9.59 Å². The number of thioether (sulfide) groups is 1. The van der Waals surface area contributed by atoms with Crippen molar-refractivity contribution >= 4 is 23.6 Å². The maximum absolute atomic E-state index is 12.3. The summed E-state index contributed by atoms with van der Waals surface area (Å²) in [5.74, 6) is 0.0393. The predicted molar refractivity (Wildman–Crippen MR) is 97.9 cm³/mol. The molecule has 2 aromatic carbocycles. The fourth-order valence-corrected chi connectivity index (χ4v) is 3.04. The van der Waals surface area contributed by atoms with Crippen molar-refractivity contribution in [2.24, 2.45) is 0 Å². The van der Waals surface area contributed by atoms with Crippen molar-refractivity contribution < 1.29 is 19.4 Å². The van der Waals surface area contributed by atoms with E-state index in [1.807, 2.05) is 54.6 Å². The lowest BCUT2D eigenvalue weighted by Crippen LogP contribution is -2.30. The molecule has 0 heterocycles. The van der Waals surface area contributed by atoms with Crippen molar-refractivity contribution in [2.45, 2.75) is 23.8 Å². The first kappa shape index (κ1) is 18.9. The third-order valence-electron chi connectivity index (χ3n) is 3.61. The van der Waals surface area contributed by atoms with Gasteiger partial charge in [-0.2, -0.15) is 0 Å². The second kappa shape index (κ2) is 9.74. The Morgan fingerprint density at radius 1 is 1.12 bits per heavy atom. The molecule has 1 atom stereocenters. The first-order chi connectivity index (χ1) is 12.1. The van der Waals surface area contributed by atoms with Crippen molar-refractivity contribution in [1.29, 1.82) is 0 Å². The number of hydrogen-bond donors (Lipinski definition) is 2. The molecule has 0 bridgehead atoms. The monoisotopic (exact) mass is 359 g/mol. The number of rotatable bonds is 9. The van der Waals surface area contributed by atoms with E-state index < -0.39 is 5.97 Å². The molecule has 0 saturated heterocycles. The van der Waals surface area contributed by atoms with Crippen LogP contribution >= 0.6 is 11.8 Å². The van der Waals surface area contributed by atoms with Crippen molar-refractivity contribution in [3.05, 3.63) is 60.2 Å². The molecule has 0 aliphatic heterocycles. The number of hydrogen-bond acceptors (Lipinski definition) is 4. The summed E-state index contributed by atoms with van der Waals surface area (Å²) >= 11 is 1.43. The van der Waals surface area contributed by atoms with Crippen LogP contribution in [0.15, 0.2) is 59.5 Å². The molecule has 2 N–H and O–H groups in total. The average Bonchev–Trinajstić information content (AvgIpc) is 2.64. The lowest BCUT2D eigenvalue weighted by Gasteiger charge is -2.18. The maximum atomic E-state index is 12.3. The highest BCUT2D eigenvalue weighted by Gasteiger charge is 2.16. The zero-order chi connectivity index (χ0) is 18.1. The average molecular weight is 359 g/mol. The summed E-state index contributed by atoms with van der Waals surface area (Å²) in [7, 11) is 1.61. The van der Waals surface area contributed by atoms with Crippen molar-refractivity contribution in [1.82, 2.24) is 5.32 Å². The summed E-state index contributed by atoms with van der Waals surface area (Å²) in [6, 6.07) is 16.6. The molecular weight excluding hydrogens is 338 g/mol. The van der Waals surface area contributed by atoms with E-state index in [0.29, 0.717) is 6.42 Å². The van der Waals surface area contributed by atoms with Crippen LogP contribution in [0.2, 0.25) is 0 Å². The molecule has 0 radical (unpaired) electrons. The number of benzene rings is 2. The number of carboxylic acid groups (broad SMARTS) is 1. The molecule has 0 aromatic heterocycles. The summed E-state index contributed by atoms with van der Waals surface area (Å²) in [4.78, 5) is 24.1. The molecule has 1 unspecified atom stereocenters. The highest BCUT2D eigenvalue weighted by atomic mass is 32.2. The fraction of sp³-hybridized carbons (Fsp3) is 0.263. The van der Waals surface area contributed by atoms with Crippen molar-refractivity contribution in [3.8, 4) is 5.75 Å². The van der Waals surface area contributed by atoms with Gasteiger partial charge in [0, 0.05) is 11.3 Å². The van der Waals surface area contributed by atoms with E-state index in [0.717, 1.165) is 16.2 Å². The number of carbonyl (C=O) groups excluding carboxylic acids is 1. The number of aliphatic carboxylic acids is 1. The number of nitrogens with one attached hydrogen (secondary N) is 1. The van der Waals surface area contributed by atoms with Gasteiger partial charge in [0.2, 0.25) is 5.91 Å². The molecule has 2 aromatic rings. The van der Waals surface area contributed by atoms with Crippen LogP contribution in [0.3, 0.4) is 0 Å². The Hall–Kier alpha value is -2.47. The molecule has 25 heavy (non-hydrogen) atoms. The highest BCUT2D eigenvalue weighted by Crippen LogP contribution is 2.22. The Kier molecular flexibility index (Phi) is 7.35. The van der Waals surface area contributed by atoms with Gasteiger partial charge >= 0.3 is 5.97 Å². The van der Waals surface area contributed by atoms with E-state index in [-0.39, 0.29) is 24.1 Å².